The Balaban J connectivity index is 2.02. The van der Waals surface area contributed by atoms with Crippen molar-refractivity contribution in [3.63, 3.8) is 0 Å². The first-order valence-corrected chi connectivity index (χ1v) is 9.93. The van der Waals surface area contributed by atoms with E-state index in [-0.39, 0.29) is 47.7 Å². The Kier molecular flexibility index (Phi) is 7.25. The highest BCUT2D eigenvalue weighted by Gasteiger charge is 2.29. The van der Waals surface area contributed by atoms with Crippen LogP contribution in [0.4, 0.5) is 17.6 Å². The molecule has 3 rings (SSSR count). The first kappa shape index (κ1) is 23.4. The van der Waals surface area contributed by atoms with Crippen molar-refractivity contribution in [2.45, 2.75) is 6.42 Å². The number of benzene rings is 2. The zero-order chi connectivity index (χ0) is 23.4. The fourth-order valence-electron chi connectivity index (χ4n) is 3.33. The molecule has 0 saturated carbocycles. The lowest BCUT2D eigenvalue weighted by Gasteiger charge is -2.30. The van der Waals surface area contributed by atoms with E-state index in [4.69, 9.17) is 0 Å². The van der Waals surface area contributed by atoms with E-state index < -0.39 is 29.1 Å². The molecule has 2 aromatic carbocycles. The SMILES string of the molecule is CN(C)CCC(=O)N1C/C(=C\c2cccc(F)c2F)C(=O)/C(=C/c2cccc(F)c2F)C1. The second-order valence-electron chi connectivity index (χ2n) is 7.76. The number of halogens is 4. The lowest BCUT2D eigenvalue weighted by atomic mass is 9.93. The number of hydrogen-bond acceptors (Lipinski definition) is 3. The topological polar surface area (TPSA) is 40.6 Å². The van der Waals surface area contributed by atoms with Gasteiger partial charge in [0, 0.05) is 48.3 Å². The normalized spacial score (nSPS) is 17.0. The minimum absolute atomic E-state index is 0.0435. The summed E-state index contributed by atoms with van der Waals surface area (Å²) in [4.78, 5) is 29.0. The van der Waals surface area contributed by atoms with Crippen molar-refractivity contribution in [3.8, 4) is 0 Å². The van der Waals surface area contributed by atoms with Gasteiger partial charge in [0.1, 0.15) is 0 Å². The van der Waals surface area contributed by atoms with Crippen molar-refractivity contribution < 1.29 is 27.2 Å². The van der Waals surface area contributed by atoms with E-state index in [1.54, 1.807) is 0 Å². The van der Waals surface area contributed by atoms with E-state index in [1.165, 1.54) is 41.3 Å². The molecular weight excluding hydrogens is 424 g/mol. The molecule has 1 fully saturated rings. The first-order chi connectivity index (χ1) is 15.2. The summed E-state index contributed by atoms with van der Waals surface area (Å²) in [5.74, 6) is -5.19. The molecular formula is C24H22F4N2O2. The van der Waals surface area contributed by atoms with Gasteiger partial charge in [0.05, 0.1) is 0 Å². The Labute approximate surface area is 183 Å². The van der Waals surface area contributed by atoms with Crippen LogP contribution in [0.25, 0.3) is 12.2 Å². The van der Waals surface area contributed by atoms with Gasteiger partial charge in [0.2, 0.25) is 5.91 Å². The summed E-state index contributed by atoms with van der Waals surface area (Å²) in [6, 6.07) is 7.13. The van der Waals surface area contributed by atoms with Crippen LogP contribution in [-0.4, -0.2) is 55.2 Å². The number of likely N-dealkylation sites (tertiary alicyclic amines) is 1. The number of piperidine rings is 1. The van der Waals surface area contributed by atoms with Crippen LogP contribution in [-0.2, 0) is 9.59 Å². The number of Topliss-reactive ketones (excluding diaryl/α,β-unsaturated/α-hetero) is 1. The molecule has 0 spiro atoms. The molecule has 168 valence electrons. The zero-order valence-electron chi connectivity index (χ0n) is 17.7. The second-order valence-corrected chi connectivity index (χ2v) is 7.76. The molecule has 1 saturated heterocycles. The van der Waals surface area contributed by atoms with Crippen LogP contribution < -0.4 is 0 Å². The molecule has 0 aromatic heterocycles. The summed E-state index contributed by atoms with van der Waals surface area (Å²) in [7, 11) is 3.62. The number of ketones is 1. The summed E-state index contributed by atoms with van der Waals surface area (Å²) in [6.45, 7) is 0.256. The molecule has 1 aliphatic rings. The van der Waals surface area contributed by atoms with Crippen LogP contribution in [0.5, 0.6) is 0 Å². The number of rotatable bonds is 5. The molecule has 0 atom stereocenters. The Morgan fingerprint density at radius 1 is 0.906 bits per heavy atom. The summed E-state index contributed by atoms with van der Waals surface area (Å²) in [5.41, 5.74) is -0.205. The van der Waals surface area contributed by atoms with Crippen molar-refractivity contribution in [3.05, 3.63) is 81.9 Å². The molecule has 1 aliphatic heterocycles. The fraction of sp³-hybridized carbons (Fsp3) is 0.250. The molecule has 0 radical (unpaired) electrons. The smallest absolute Gasteiger partial charge is 0.224 e. The van der Waals surface area contributed by atoms with Gasteiger partial charge in [-0.05, 0) is 38.4 Å². The maximum atomic E-state index is 14.2. The van der Waals surface area contributed by atoms with E-state index in [0.29, 0.717) is 6.54 Å². The van der Waals surface area contributed by atoms with Crippen LogP contribution in [0.3, 0.4) is 0 Å². The molecule has 1 heterocycles. The van der Waals surface area contributed by atoms with Gasteiger partial charge in [-0.15, -0.1) is 0 Å². The van der Waals surface area contributed by atoms with Crippen LogP contribution >= 0.6 is 0 Å². The number of carbonyl (C=O) groups excluding carboxylic acids is 2. The Hall–Kier alpha value is -3.26. The van der Waals surface area contributed by atoms with Gasteiger partial charge in [0.15, 0.2) is 29.1 Å². The minimum atomic E-state index is -1.12. The highest BCUT2D eigenvalue weighted by molar-refractivity contribution is 6.15. The highest BCUT2D eigenvalue weighted by atomic mass is 19.2. The highest BCUT2D eigenvalue weighted by Crippen LogP contribution is 2.25. The van der Waals surface area contributed by atoms with E-state index in [1.807, 2.05) is 19.0 Å². The largest absolute Gasteiger partial charge is 0.334 e. The van der Waals surface area contributed by atoms with Gasteiger partial charge >= 0.3 is 0 Å². The lowest BCUT2D eigenvalue weighted by Crippen LogP contribution is -2.42. The molecule has 32 heavy (non-hydrogen) atoms. The van der Waals surface area contributed by atoms with Crippen LogP contribution in [0, 0.1) is 23.3 Å². The summed E-state index contributed by atoms with van der Waals surface area (Å²) in [6.07, 6.45) is 2.54. The second kappa shape index (κ2) is 9.91. The maximum absolute atomic E-state index is 14.2. The van der Waals surface area contributed by atoms with Crippen molar-refractivity contribution in [1.29, 1.82) is 0 Å². The van der Waals surface area contributed by atoms with Crippen molar-refractivity contribution in [2.75, 3.05) is 33.7 Å². The average molecular weight is 446 g/mol. The number of hydrogen-bond donors (Lipinski definition) is 0. The molecule has 0 bridgehead atoms. The first-order valence-electron chi connectivity index (χ1n) is 9.93. The zero-order valence-corrected chi connectivity index (χ0v) is 17.7. The molecule has 1 amide bonds. The predicted octanol–water partition coefficient (Wildman–Crippen LogP) is 4.07. The van der Waals surface area contributed by atoms with E-state index in [2.05, 4.69) is 0 Å². The quantitative estimate of drug-likeness (QED) is 0.514. The van der Waals surface area contributed by atoms with Crippen LogP contribution in [0.2, 0.25) is 0 Å². The fourth-order valence-corrected chi connectivity index (χ4v) is 3.33. The van der Waals surface area contributed by atoms with Crippen molar-refractivity contribution in [1.82, 2.24) is 9.80 Å². The van der Waals surface area contributed by atoms with Gasteiger partial charge in [-0.2, -0.15) is 0 Å². The molecule has 4 nitrogen and oxygen atoms in total. The van der Waals surface area contributed by atoms with Crippen molar-refractivity contribution >= 4 is 23.8 Å². The monoisotopic (exact) mass is 446 g/mol. The van der Waals surface area contributed by atoms with E-state index >= 15 is 0 Å². The van der Waals surface area contributed by atoms with Gasteiger partial charge in [-0.25, -0.2) is 17.6 Å². The maximum Gasteiger partial charge on any atom is 0.224 e. The van der Waals surface area contributed by atoms with Gasteiger partial charge < -0.3 is 9.80 Å². The minimum Gasteiger partial charge on any atom is -0.334 e. The van der Waals surface area contributed by atoms with Crippen molar-refractivity contribution in [2.24, 2.45) is 0 Å². The van der Waals surface area contributed by atoms with Gasteiger partial charge in [-0.1, -0.05) is 24.3 Å². The summed E-state index contributed by atoms with van der Waals surface area (Å²) in [5, 5.41) is 0. The summed E-state index contributed by atoms with van der Waals surface area (Å²) >= 11 is 0. The standard InChI is InChI=1S/C24H22F4N2O2/c1-29(2)10-9-21(31)30-13-17(11-15-5-3-7-19(25)22(15)27)24(32)18(14-30)12-16-6-4-8-20(26)23(16)28/h3-8,11-12H,9-10,13-14H2,1-2H3/b17-11+,18-12+. The Bertz CT molecular complexity index is 1040. The van der Waals surface area contributed by atoms with E-state index in [0.717, 1.165) is 12.1 Å². The number of amides is 1. The Morgan fingerprint density at radius 3 is 1.81 bits per heavy atom. The number of carbonyl (C=O) groups is 2. The van der Waals surface area contributed by atoms with Crippen LogP contribution in [0.1, 0.15) is 17.5 Å². The van der Waals surface area contributed by atoms with E-state index in [9.17, 15) is 27.2 Å². The third kappa shape index (κ3) is 5.31. The summed E-state index contributed by atoms with van der Waals surface area (Å²) < 4.78 is 55.6. The molecule has 0 aliphatic carbocycles. The third-order valence-corrected chi connectivity index (χ3v) is 5.05. The molecule has 0 N–H and O–H groups in total. The third-order valence-electron chi connectivity index (χ3n) is 5.05. The van der Waals surface area contributed by atoms with Gasteiger partial charge in [-0.3, -0.25) is 9.59 Å². The molecule has 2 aromatic rings. The lowest BCUT2D eigenvalue weighted by molar-refractivity contribution is -0.131. The molecule has 8 heteroatoms. The Morgan fingerprint density at radius 2 is 1.38 bits per heavy atom. The molecule has 0 unspecified atom stereocenters. The van der Waals surface area contributed by atoms with Crippen LogP contribution in [0.15, 0.2) is 47.5 Å². The average Bonchev–Trinajstić information content (AvgIpc) is 2.75. The van der Waals surface area contributed by atoms with Gasteiger partial charge in [0.25, 0.3) is 0 Å². The number of nitrogens with zero attached hydrogens (tertiary/aromatic N) is 2. The predicted molar refractivity (Wildman–Crippen MR) is 113 cm³/mol.